The fraction of sp³-hybridized carbons (Fsp3) is 0.759. The number of hydrogen-bond donors (Lipinski definition) is 2. The van der Waals surface area contributed by atoms with Gasteiger partial charge >= 0.3 is 35.2 Å². The van der Waals surface area contributed by atoms with Crippen LogP contribution < -0.4 is 11.1 Å². The number of carbonyl (C=O) groups excluding carboxylic acids is 4. The van der Waals surface area contributed by atoms with Crippen LogP contribution in [0.1, 0.15) is 148 Å². The molecule has 22 nitrogen and oxygen atoms in total. The van der Waals surface area contributed by atoms with E-state index in [0.717, 1.165) is 30.6 Å². The van der Waals surface area contributed by atoms with Gasteiger partial charge in [0, 0.05) is 160 Å². The first-order chi connectivity index (χ1) is 40.4. The highest BCUT2D eigenvalue weighted by molar-refractivity contribution is 6.61. The van der Waals surface area contributed by atoms with Gasteiger partial charge in [0.1, 0.15) is 12.3 Å². The Labute approximate surface area is 511 Å². The quantitative estimate of drug-likeness (QED) is 0.0356. The second-order valence-electron chi connectivity index (χ2n) is 18.2. The average molecular weight is 1260 g/mol. The van der Waals surface area contributed by atoms with E-state index in [0.29, 0.717) is 143 Å². The third-order valence-corrected chi connectivity index (χ3v) is 24.7. The largest absolute Gasteiger partial charge is 0.501 e. The molecule has 2 rings (SSSR count). The number of amides is 4. The number of nitrogens with zero attached hydrogens (tertiary/aromatic N) is 4. The van der Waals surface area contributed by atoms with E-state index in [-0.39, 0.29) is 24.1 Å². The molecule has 0 atom stereocenters. The van der Waals surface area contributed by atoms with Crippen LogP contribution in [-0.2, 0) is 85.1 Å². The normalized spacial score (nSPS) is 11.6. The predicted molar refractivity (Wildman–Crippen MR) is 338 cm³/mol. The summed E-state index contributed by atoms with van der Waals surface area (Å²) in [6, 6.07) is 12.8. The lowest BCUT2D eigenvalue weighted by molar-refractivity contribution is -0.147. The molecule has 0 aliphatic carbocycles. The van der Waals surface area contributed by atoms with Gasteiger partial charge in [0.05, 0.1) is 0 Å². The van der Waals surface area contributed by atoms with Crippen molar-refractivity contribution < 1.29 is 72.3 Å². The lowest BCUT2D eigenvalue weighted by atomic mass is 9.99. The number of hydrogen-bond acceptors (Lipinski definition) is 18. The van der Waals surface area contributed by atoms with Crippen LogP contribution in [0.5, 0.6) is 0 Å². The molecule has 0 saturated carbocycles. The number of aromatic nitrogens is 2. The molecule has 0 aromatic carbocycles. The third kappa shape index (κ3) is 35.4. The minimum atomic E-state index is -2.77. The molecule has 84 heavy (non-hydrogen) atoms. The number of rotatable bonds is 46. The molecule has 2 heterocycles. The zero-order chi connectivity index (χ0) is 63.6. The summed E-state index contributed by atoms with van der Waals surface area (Å²) >= 11 is 0. The topological polar surface area (TPSA) is 249 Å². The maximum Gasteiger partial charge on any atom is 0.501 e. The molecule has 0 aliphatic heterocycles. The summed E-state index contributed by atoms with van der Waals surface area (Å²) in [4.78, 5) is 59.7. The Morgan fingerprint density at radius 2 is 0.810 bits per heavy atom. The van der Waals surface area contributed by atoms with Gasteiger partial charge in [0.2, 0.25) is 23.6 Å². The van der Waals surface area contributed by atoms with Crippen molar-refractivity contribution in [2.75, 3.05) is 112 Å². The number of carbonyl (C=O) groups is 4. The number of nitrogens with one attached hydrogen (secondary N) is 1. The van der Waals surface area contributed by atoms with E-state index in [2.05, 4.69) is 15.3 Å². The molecule has 0 saturated heterocycles. The van der Waals surface area contributed by atoms with Gasteiger partial charge in [0.15, 0.2) is 0 Å². The van der Waals surface area contributed by atoms with Crippen molar-refractivity contribution in [2.24, 2.45) is 11.7 Å². The highest BCUT2D eigenvalue weighted by Gasteiger charge is 2.43. The fourth-order valence-corrected chi connectivity index (χ4v) is 19.2. The molecule has 2 aromatic heterocycles. The molecule has 0 radical (unpaired) electrons. The van der Waals surface area contributed by atoms with Crippen LogP contribution in [0.25, 0.3) is 0 Å². The van der Waals surface area contributed by atoms with E-state index in [1.54, 1.807) is 28.4 Å². The SMILES string of the molecule is CCO[Si](CCCC(C(=O)N(CC)CC)C(=O)N(CC)CC)(OCC)OCC.CCO[Si](CCCNC(=O)CC(N)=O)(OCC)OCC.CCO[Si](CCc1ccccn1)(OCC)OCC.CCO[Si](CCc1ccncc1)(OCC)OCC. The van der Waals surface area contributed by atoms with Crippen LogP contribution in [0, 0.1) is 5.92 Å². The molecule has 0 aliphatic rings. The average Bonchev–Trinajstić information content (AvgIpc) is 3.60. The Bertz CT molecular complexity index is 1770. The van der Waals surface area contributed by atoms with Crippen LogP contribution in [-0.4, -0.2) is 191 Å². The summed E-state index contributed by atoms with van der Waals surface area (Å²) in [6.07, 6.45) is 8.65. The van der Waals surface area contributed by atoms with Crippen molar-refractivity contribution >= 4 is 58.8 Å². The van der Waals surface area contributed by atoms with E-state index in [4.69, 9.17) is 58.8 Å². The van der Waals surface area contributed by atoms with Crippen molar-refractivity contribution in [1.82, 2.24) is 25.1 Å². The zero-order valence-electron chi connectivity index (χ0n) is 54.7. The summed E-state index contributed by atoms with van der Waals surface area (Å²) in [5.74, 6) is -1.83. The maximum atomic E-state index is 13.0. The van der Waals surface area contributed by atoms with Gasteiger partial charge in [-0.15, -0.1) is 0 Å². The molecule has 2 aromatic rings. The second-order valence-corrected chi connectivity index (χ2v) is 29.1. The maximum absolute atomic E-state index is 13.0. The van der Waals surface area contributed by atoms with Crippen molar-refractivity contribution in [3.63, 3.8) is 0 Å². The van der Waals surface area contributed by atoms with Gasteiger partial charge in [-0.3, -0.25) is 29.1 Å². The molecule has 0 fully saturated rings. The summed E-state index contributed by atoms with van der Waals surface area (Å²) in [5, 5.41) is 2.63. The highest BCUT2D eigenvalue weighted by Crippen LogP contribution is 2.25. The first-order valence-electron chi connectivity index (χ1n) is 31.0. The minimum absolute atomic E-state index is 0.0848. The van der Waals surface area contributed by atoms with Gasteiger partial charge in [-0.05, 0) is 173 Å². The summed E-state index contributed by atoms with van der Waals surface area (Å²) < 4.78 is 69.6. The van der Waals surface area contributed by atoms with Crippen molar-refractivity contribution in [1.29, 1.82) is 0 Å². The number of aryl methyl sites for hydroxylation is 2. The Balaban J connectivity index is 0. The molecular formula is C58H114N6O16Si4. The molecule has 3 N–H and O–H groups in total. The van der Waals surface area contributed by atoms with Gasteiger partial charge in [-0.1, -0.05) is 6.07 Å². The molecule has 0 unspecified atom stereocenters. The Morgan fingerprint density at radius 1 is 0.464 bits per heavy atom. The Hall–Kier alpha value is -3.43. The Kier molecular flexibility index (Phi) is 50.8. The van der Waals surface area contributed by atoms with Crippen LogP contribution in [0.3, 0.4) is 0 Å². The van der Waals surface area contributed by atoms with E-state index >= 15 is 0 Å². The summed E-state index contributed by atoms with van der Waals surface area (Å²) in [6.45, 7) is 40.8. The third-order valence-electron chi connectivity index (χ3n) is 12.3. The first-order valence-corrected chi connectivity index (χ1v) is 38.7. The van der Waals surface area contributed by atoms with E-state index < -0.39 is 47.0 Å². The van der Waals surface area contributed by atoms with Gasteiger partial charge in [0.25, 0.3) is 0 Å². The zero-order valence-corrected chi connectivity index (χ0v) is 58.7. The lowest BCUT2D eigenvalue weighted by Gasteiger charge is -2.31. The molecule has 0 bridgehead atoms. The van der Waals surface area contributed by atoms with Crippen LogP contribution in [0.2, 0.25) is 24.2 Å². The van der Waals surface area contributed by atoms with Gasteiger partial charge in [-0.2, -0.15) is 0 Å². The Morgan fingerprint density at radius 3 is 1.13 bits per heavy atom. The standard InChI is InChI=1S/C20H42N2O5Si.2C13H23NO3Si.C12H26N2O5Si/c1-8-21(9-2)19(23)18(20(24)22(10-3)11-4)16-15-17-28(25-12-5,26-13-6)27-14-7;1-4-15-18(16-5-2,17-6-3)12-9-13-7-10-14-11-8-13;1-4-15-18(16-5-2,17-6-3)12-10-13-9-7-8-11-14-13;1-4-17-20(18-5-2,19-6-3)9-7-8-14-12(16)10-11(13)15/h18H,8-17H2,1-7H3;7-8,10-11H,4-6,9,12H2,1-3H3;7-9,11H,4-6,10,12H2,1-3H3;4-10H2,1-3H3,(H2,13,15)(H,14,16). The van der Waals surface area contributed by atoms with Crippen LogP contribution in [0.15, 0.2) is 48.9 Å². The predicted octanol–water partition coefficient (Wildman–Crippen LogP) is 8.93. The second kappa shape index (κ2) is 51.6. The van der Waals surface area contributed by atoms with Crippen molar-refractivity contribution in [3.05, 3.63) is 60.2 Å². The fourth-order valence-electron chi connectivity index (χ4n) is 8.82. The van der Waals surface area contributed by atoms with Gasteiger partial charge < -0.3 is 74.0 Å². The minimum Gasteiger partial charge on any atom is -0.374 e. The monoisotopic (exact) mass is 1260 g/mol. The van der Waals surface area contributed by atoms with Crippen molar-refractivity contribution in [3.8, 4) is 0 Å². The first kappa shape index (κ1) is 82.6. The number of pyridine rings is 2. The van der Waals surface area contributed by atoms with E-state index in [9.17, 15) is 19.2 Å². The highest BCUT2D eigenvalue weighted by atomic mass is 28.4. The lowest BCUT2D eigenvalue weighted by Crippen LogP contribution is -2.47. The molecule has 0 spiro atoms. The molecular weight excluding hydrogens is 1150 g/mol. The molecule has 488 valence electrons. The van der Waals surface area contributed by atoms with E-state index in [1.807, 2.05) is 141 Å². The number of nitrogens with two attached hydrogens (primary N) is 1. The smallest absolute Gasteiger partial charge is 0.374 e. The van der Waals surface area contributed by atoms with Crippen LogP contribution in [0.4, 0.5) is 0 Å². The number of primary amides is 1. The van der Waals surface area contributed by atoms with Gasteiger partial charge in [-0.25, -0.2) is 0 Å². The molecule has 26 heteroatoms. The van der Waals surface area contributed by atoms with Crippen molar-refractivity contribution in [2.45, 2.75) is 173 Å². The van der Waals surface area contributed by atoms with E-state index in [1.165, 1.54) is 5.56 Å². The molecule has 4 amide bonds. The van der Waals surface area contributed by atoms with Crippen LogP contribution >= 0.6 is 0 Å². The summed E-state index contributed by atoms with van der Waals surface area (Å²) in [7, 11) is -10.4. The summed E-state index contributed by atoms with van der Waals surface area (Å²) in [5.41, 5.74) is 7.22.